The summed E-state index contributed by atoms with van der Waals surface area (Å²) < 4.78 is 6.25. The lowest BCUT2D eigenvalue weighted by Gasteiger charge is -2.19. The third-order valence-corrected chi connectivity index (χ3v) is 4.13. The van der Waals surface area contributed by atoms with Gasteiger partial charge in [-0.25, -0.2) is 0 Å². The highest BCUT2D eigenvalue weighted by Crippen LogP contribution is 2.25. The van der Waals surface area contributed by atoms with Crippen molar-refractivity contribution in [2.75, 3.05) is 7.11 Å². The minimum absolute atomic E-state index is 0.292. The van der Waals surface area contributed by atoms with Gasteiger partial charge in [0.15, 0.2) is 0 Å². The van der Waals surface area contributed by atoms with Crippen molar-refractivity contribution in [3.63, 3.8) is 0 Å². The summed E-state index contributed by atoms with van der Waals surface area (Å²) in [5.74, 6) is 1.17. The van der Waals surface area contributed by atoms with Gasteiger partial charge in [0.1, 0.15) is 5.75 Å². The van der Waals surface area contributed by atoms with E-state index in [-0.39, 0.29) is 6.10 Å². The van der Waals surface area contributed by atoms with Crippen molar-refractivity contribution in [2.45, 2.75) is 45.6 Å². The molecule has 3 heteroatoms. The number of hydrogen-bond donors (Lipinski definition) is 1. The minimum Gasteiger partial charge on any atom is -0.497 e. The molecule has 0 bridgehead atoms. The summed E-state index contributed by atoms with van der Waals surface area (Å²) in [5.41, 5.74) is 1.10. The lowest BCUT2D eigenvalue weighted by molar-refractivity contribution is 0.110. The van der Waals surface area contributed by atoms with Crippen LogP contribution in [0.1, 0.15) is 38.7 Å². The molecular formula is C15H23BrO2. The smallest absolute Gasteiger partial charge is 0.119 e. The zero-order valence-corrected chi connectivity index (χ0v) is 13.0. The largest absolute Gasteiger partial charge is 0.497 e. The zero-order valence-electron chi connectivity index (χ0n) is 11.4. The standard InChI is InChI=1S/C15H23BrO2/c1-4-5-6-11(2)15(17)10-12-9-13(18-3)7-8-14(12)16/h7-9,11,15,17H,4-6,10H2,1-3H3. The van der Waals surface area contributed by atoms with E-state index in [1.165, 1.54) is 12.8 Å². The Morgan fingerprint density at radius 2 is 2.11 bits per heavy atom. The van der Waals surface area contributed by atoms with Crippen LogP contribution in [0.25, 0.3) is 0 Å². The van der Waals surface area contributed by atoms with Gasteiger partial charge >= 0.3 is 0 Å². The Morgan fingerprint density at radius 1 is 1.39 bits per heavy atom. The van der Waals surface area contributed by atoms with E-state index in [4.69, 9.17) is 4.74 Å². The second-order valence-electron chi connectivity index (χ2n) is 4.85. The molecule has 0 saturated heterocycles. The second-order valence-corrected chi connectivity index (χ2v) is 5.70. The predicted molar refractivity (Wildman–Crippen MR) is 79.1 cm³/mol. The maximum absolute atomic E-state index is 10.2. The molecule has 0 aliphatic heterocycles. The molecule has 0 radical (unpaired) electrons. The number of benzene rings is 1. The van der Waals surface area contributed by atoms with E-state index in [1.54, 1.807) is 7.11 Å². The van der Waals surface area contributed by atoms with Crippen molar-refractivity contribution in [3.8, 4) is 5.75 Å². The number of halogens is 1. The van der Waals surface area contributed by atoms with Crippen LogP contribution >= 0.6 is 15.9 Å². The number of hydrogen-bond acceptors (Lipinski definition) is 2. The highest BCUT2D eigenvalue weighted by Gasteiger charge is 2.16. The molecule has 1 rings (SSSR count). The molecule has 2 nitrogen and oxygen atoms in total. The van der Waals surface area contributed by atoms with Crippen molar-refractivity contribution in [3.05, 3.63) is 28.2 Å². The Labute approximate surface area is 118 Å². The van der Waals surface area contributed by atoms with Crippen molar-refractivity contribution < 1.29 is 9.84 Å². The molecule has 0 amide bonds. The fraction of sp³-hybridized carbons (Fsp3) is 0.600. The first-order valence-electron chi connectivity index (χ1n) is 6.59. The molecule has 102 valence electrons. The topological polar surface area (TPSA) is 29.5 Å². The number of ether oxygens (including phenoxy) is 1. The molecule has 18 heavy (non-hydrogen) atoms. The van der Waals surface area contributed by atoms with E-state index in [1.807, 2.05) is 18.2 Å². The lowest BCUT2D eigenvalue weighted by atomic mass is 9.93. The third kappa shape index (κ3) is 4.62. The lowest BCUT2D eigenvalue weighted by Crippen LogP contribution is -2.20. The van der Waals surface area contributed by atoms with E-state index >= 15 is 0 Å². The summed E-state index contributed by atoms with van der Waals surface area (Å²) in [5, 5.41) is 10.2. The molecule has 0 heterocycles. The van der Waals surface area contributed by atoms with Crippen molar-refractivity contribution >= 4 is 15.9 Å². The Balaban J connectivity index is 2.65. The fourth-order valence-electron chi connectivity index (χ4n) is 1.98. The van der Waals surface area contributed by atoms with Crippen LogP contribution in [0, 0.1) is 5.92 Å². The predicted octanol–water partition coefficient (Wildman–Crippen LogP) is 4.19. The highest BCUT2D eigenvalue weighted by molar-refractivity contribution is 9.10. The SMILES string of the molecule is CCCCC(C)C(O)Cc1cc(OC)ccc1Br. The van der Waals surface area contributed by atoms with Crippen LogP contribution in [0.5, 0.6) is 5.75 Å². The molecule has 1 aromatic carbocycles. The van der Waals surface area contributed by atoms with Crippen molar-refractivity contribution in [2.24, 2.45) is 5.92 Å². The normalized spacial score (nSPS) is 14.3. The van der Waals surface area contributed by atoms with Gasteiger partial charge in [0.05, 0.1) is 13.2 Å². The number of rotatable bonds is 7. The summed E-state index contributed by atoms with van der Waals surface area (Å²) >= 11 is 3.52. The monoisotopic (exact) mass is 314 g/mol. The van der Waals surface area contributed by atoms with E-state index in [0.29, 0.717) is 12.3 Å². The molecule has 2 atom stereocenters. The van der Waals surface area contributed by atoms with Gasteiger partial charge < -0.3 is 9.84 Å². The number of aliphatic hydroxyl groups is 1. The van der Waals surface area contributed by atoms with E-state index < -0.39 is 0 Å². The van der Waals surface area contributed by atoms with Crippen LogP contribution in [0.15, 0.2) is 22.7 Å². The van der Waals surface area contributed by atoms with Crippen LogP contribution in [-0.4, -0.2) is 18.3 Å². The molecule has 0 aromatic heterocycles. The number of aliphatic hydroxyl groups excluding tert-OH is 1. The van der Waals surface area contributed by atoms with Gasteiger partial charge in [-0.3, -0.25) is 0 Å². The molecule has 0 saturated carbocycles. The van der Waals surface area contributed by atoms with Gasteiger partial charge in [0, 0.05) is 4.47 Å². The van der Waals surface area contributed by atoms with E-state index in [2.05, 4.69) is 29.8 Å². The van der Waals surface area contributed by atoms with Crippen molar-refractivity contribution in [1.29, 1.82) is 0 Å². The number of methoxy groups -OCH3 is 1. The van der Waals surface area contributed by atoms with Crippen LogP contribution in [0.2, 0.25) is 0 Å². The molecule has 2 unspecified atom stereocenters. The Bertz CT molecular complexity index is 366. The van der Waals surface area contributed by atoms with Gasteiger partial charge in [0.2, 0.25) is 0 Å². The molecule has 1 aromatic rings. The molecule has 1 N–H and O–H groups in total. The Hall–Kier alpha value is -0.540. The molecular weight excluding hydrogens is 292 g/mol. The first-order valence-corrected chi connectivity index (χ1v) is 7.38. The average molecular weight is 315 g/mol. The number of unbranched alkanes of at least 4 members (excludes halogenated alkanes) is 1. The summed E-state index contributed by atoms with van der Waals surface area (Å²) in [7, 11) is 1.66. The van der Waals surface area contributed by atoms with Crippen LogP contribution < -0.4 is 4.74 Å². The molecule has 0 aliphatic rings. The molecule has 0 aliphatic carbocycles. The maximum Gasteiger partial charge on any atom is 0.119 e. The summed E-state index contributed by atoms with van der Waals surface area (Å²) in [6.07, 6.45) is 3.82. The maximum atomic E-state index is 10.2. The van der Waals surface area contributed by atoms with Gasteiger partial charge in [0.25, 0.3) is 0 Å². The Morgan fingerprint density at radius 3 is 2.72 bits per heavy atom. The van der Waals surface area contributed by atoms with Crippen molar-refractivity contribution in [1.82, 2.24) is 0 Å². The van der Waals surface area contributed by atoms with Gasteiger partial charge in [-0.2, -0.15) is 0 Å². The quantitative estimate of drug-likeness (QED) is 0.817. The molecule has 0 fully saturated rings. The zero-order chi connectivity index (χ0) is 13.5. The van der Waals surface area contributed by atoms with E-state index in [0.717, 1.165) is 22.2 Å². The second kappa shape index (κ2) is 7.80. The van der Waals surface area contributed by atoms with E-state index in [9.17, 15) is 5.11 Å². The van der Waals surface area contributed by atoms with Crippen LogP contribution in [0.4, 0.5) is 0 Å². The summed E-state index contributed by atoms with van der Waals surface area (Å²) in [6.45, 7) is 4.30. The van der Waals surface area contributed by atoms with Gasteiger partial charge in [-0.05, 0) is 42.5 Å². The van der Waals surface area contributed by atoms with Crippen LogP contribution in [0.3, 0.4) is 0 Å². The third-order valence-electron chi connectivity index (χ3n) is 3.35. The van der Waals surface area contributed by atoms with Gasteiger partial charge in [-0.15, -0.1) is 0 Å². The first kappa shape index (κ1) is 15.5. The average Bonchev–Trinajstić information content (AvgIpc) is 2.38. The van der Waals surface area contributed by atoms with Crippen LogP contribution in [-0.2, 0) is 6.42 Å². The highest BCUT2D eigenvalue weighted by atomic mass is 79.9. The fourth-order valence-corrected chi connectivity index (χ4v) is 2.39. The molecule has 0 spiro atoms. The summed E-state index contributed by atoms with van der Waals surface area (Å²) in [6, 6.07) is 5.87. The first-order chi connectivity index (χ1) is 8.58. The minimum atomic E-state index is -0.292. The Kier molecular flexibility index (Phi) is 6.72. The summed E-state index contributed by atoms with van der Waals surface area (Å²) in [4.78, 5) is 0. The van der Waals surface area contributed by atoms with Gasteiger partial charge in [-0.1, -0.05) is 42.6 Å².